The van der Waals surface area contributed by atoms with E-state index < -0.39 is 80.3 Å². The lowest BCUT2D eigenvalue weighted by Gasteiger charge is -2.47. The molecule has 4 aromatic carbocycles. The van der Waals surface area contributed by atoms with Gasteiger partial charge in [0.05, 0.1) is 75.9 Å². The van der Waals surface area contributed by atoms with Gasteiger partial charge in [0.2, 0.25) is 0 Å². The van der Waals surface area contributed by atoms with E-state index in [1.807, 2.05) is 72.4 Å². The molecule has 8 aliphatic heterocycles. The summed E-state index contributed by atoms with van der Waals surface area (Å²) in [6.07, 6.45) is 3.02. The molecule has 4 saturated heterocycles. The lowest BCUT2D eigenvalue weighted by Crippen LogP contribution is -2.51. The predicted octanol–water partition coefficient (Wildman–Crippen LogP) is 14.3. The van der Waals surface area contributed by atoms with Gasteiger partial charge in [-0.15, -0.1) is 0 Å². The number of esters is 4. The van der Waals surface area contributed by atoms with Crippen LogP contribution in [0.4, 0.5) is 0 Å². The summed E-state index contributed by atoms with van der Waals surface area (Å²) in [5.74, 6) is 0.869. The zero-order chi connectivity index (χ0) is 100. The quantitative estimate of drug-likeness (QED) is 0.0303. The fourth-order valence-corrected chi connectivity index (χ4v) is 18.0. The minimum atomic E-state index is -2.77. The van der Waals surface area contributed by atoms with Gasteiger partial charge in [-0.3, -0.25) is 38.8 Å². The Hall–Kier alpha value is -7.16. The minimum absolute atomic E-state index is 0.00369. The fraction of sp³-hybridized carbons (Fsp3) is 0.708. The number of nitrogens with zero attached hydrogens (tertiary/aromatic N) is 4. The largest absolute Gasteiger partial charge is 0.493 e. The highest BCUT2D eigenvalue weighted by atomic mass is 16.6. The van der Waals surface area contributed by atoms with Crippen LogP contribution in [0, 0.1) is 71.0 Å². The second-order valence-corrected chi connectivity index (χ2v) is 36.8. The average molecular weight is 1690 g/mol. The Morgan fingerprint density at radius 2 is 0.633 bits per heavy atom. The number of benzene rings is 4. The highest BCUT2D eigenvalue weighted by Crippen LogP contribution is 2.50. The molecule has 24 heteroatoms. The van der Waals surface area contributed by atoms with Gasteiger partial charge in [0.1, 0.15) is 48.5 Å². The number of piperidine rings is 4. The summed E-state index contributed by atoms with van der Waals surface area (Å²) in [6, 6.07) is 1.56. The van der Waals surface area contributed by atoms with Crippen LogP contribution in [0.25, 0.3) is 0 Å². The summed E-state index contributed by atoms with van der Waals surface area (Å²) in [5, 5.41) is 0. The van der Waals surface area contributed by atoms with Crippen LogP contribution < -0.4 is 60.8 Å². The van der Waals surface area contributed by atoms with Crippen LogP contribution in [0.15, 0.2) is 48.4 Å². The molecule has 8 N–H and O–H groups in total. The monoisotopic (exact) mass is 1690 g/mol. The van der Waals surface area contributed by atoms with E-state index >= 15 is 0 Å². The average Bonchev–Trinajstić information content (AvgIpc) is 0.752. The van der Waals surface area contributed by atoms with Gasteiger partial charge in [-0.1, -0.05) is 111 Å². The molecule has 16 atom stereocenters. The number of hydrogen-bond donors (Lipinski definition) is 4. The Morgan fingerprint density at radius 3 is 0.958 bits per heavy atom. The molecule has 0 saturated carbocycles. The van der Waals surface area contributed by atoms with Gasteiger partial charge in [-0.25, -0.2) is 0 Å². The molecule has 120 heavy (non-hydrogen) atoms. The van der Waals surface area contributed by atoms with E-state index in [0.717, 1.165) is 66.6 Å². The van der Waals surface area contributed by atoms with Crippen molar-refractivity contribution in [2.24, 2.45) is 93.9 Å². The molecule has 0 amide bonds. The van der Waals surface area contributed by atoms with Gasteiger partial charge < -0.3 is 79.8 Å². The van der Waals surface area contributed by atoms with Crippen molar-refractivity contribution >= 4 is 23.9 Å². The first kappa shape index (κ1) is 77.6. The molecule has 4 aromatic rings. The predicted molar refractivity (Wildman–Crippen MR) is 471 cm³/mol. The van der Waals surface area contributed by atoms with Crippen molar-refractivity contribution in [2.75, 3.05) is 109 Å². The summed E-state index contributed by atoms with van der Waals surface area (Å²) in [7, 11) is 3.51. The highest BCUT2D eigenvalue weighted by molar-refractivity contribution is 5.77. The van der Waals surface area contributed by atoms with Crippen molar-refractivity contribution in [2.45, 2.75) is 260 Å². The molecule has 12 rings (SSSR count). The number of carbonyl (C=O) groups is 4. The SMILES string of the molecule is [2H]C([2H])([2H])Oc1cc2c(cc1OC)C1([2H])CC([2H])(OC(=O)[C@@H](N)C(C)C)C(CC(C)C)CN1CC2.[2H]C1(OC(=O)[C@@H](N)C(C)C)CC2([2H])c3cc(OC)c(OC)cc3CCN2CC1CC(C)C.[2H]c1c2c(c([2H])c(OC)c1OC([2H])([2H])[2H])C1CC(OC(=O)[C@@H](N)C(C)C)C(CC(C)C)CN1CC2.[2H]c1c2c(c([2H])c(OC)c1OC)C1CC(OC(=O)[C@@H](N)C(C)C)C(CC(C)C)CN1CC2. The standard InChI is InChI=1S/4C24H38N2O4/c4*1-14(2)9-17-13-26-8-7-16-10-21(28-5)22(29-6)11-18(16)19(26)12-20(17)30-24(27)23(25)15(3)4/h4*10-11,14-15,17,19-20,23H,7-9,12-13,25H2,1-6H3/t4*17?,19?,20?,23-/m0000/s1/i5D3,19D,20D;5D3,10D,11D;19D,20D;10D,11D. The summed E-state index contributed by atoms with van der Waals surface area (Å²) in [6.45, 7) is 37.1. The van der Waals surface area contributed by atoms with Crippen LogP contribution >= 0.6 is 0 Å². The third kappa shape index (κ3) is 23.8. The molecule has 0 spiro atoms. The Balaban J connectivity index is 0.000000201. The number of hydrogen-bond acceptors (Lipinski definition) is 24. The van der Waals surface area contributed by atoms with E-state index in [9.17, 15) is 24.7 Å². The maximum atomic E-state index is 12.8. The third-order valence-electron chi connectivity index (χ3n) is 24.8. The Kier molecular flexibility index (Phi) is 28.4. The van der Waals surface area contributed by atoms with Gasteiger partial charge >= 0.3 is 23.9 Å². The maximum Gasteiger partial charge on any atom is 0.323 e. The molecule has 24 nitrogen and oxygen atoms in total. The van der Waals surface area contributed by atoms with Crippen molar-refractivity contribution in [1.29, 1.82) is 0 Å². The van der Waals surface area contributed by atoms with E-state index in [2.05, 4.69) is 70.1 Å². The number of methoxy groups -OCH3 is 8. The topological polar surface area (TPSA) is 296 Å². The molecule has 8 heterocycles. The number of fused-ring (bicyclic) bond motifs is 12. The first-order valence-corrected chi connectivity index (χ1v) is 43.5. The summed E-state index contributed by atoms with van der Waals surface area (Å²) in [5.41, 5.74) is 30.2. The Labute approximate surface area is 738 Å². The van der Waals surface area contributed by atoms with Gasteiger partial charge in [-0.2, -0.15) is 0 Å². The maximum absolute atomic E-state index is 12.8. The lowest BCUT2D eigenvalue weighted by molar-refractivity contribution is -0.161. The first-order valence-electron chi connectivity index (χ1n) is 50.5. The molecule has 8 aliphatic rings. The lowest BCUT2D eigenvalue weighted by atomic mass is 9.79. The highest BCUT2D eigenvalue weighted by Gasteiger charge is 2.47. The zero-order valence-electron chi connectivity index (χ0n) is 89.6. The molecule has 672 valence electrons. The second kappa shape index (κ2) is 43.9. The van der Waals surface area contributed by atoms with Crippen molar-refractivity contribution in [3.05, 3.63) is 92.9 Å². The molecule has 12 unspecified atom stereocenters. The van der Waals surface area contributed by atoms with Crippen LogP contribution in [0.1, 0.15) is 250 Å². The normalized spacial score (nSPS) is 29.2. The molecule has 0 radical (unpaired) electrons. The van der Waals surface area contributed by atoms with Crippen LogP contribution in [-0.4, -0.2) is 201 Å². The number of carbonyl (C=O) groups excluding carboxylic acids is 4. The molecule has 0 aliphatic carbocycles. The number of ether oxygens (including phenoxy) is 12. The van der Waals surface area contributed by atoms with Crippen molar-refractivity contribution in [3.8, 4) is 46.0 Å². The first-order chi connectivity index (χ1) is 62.4. The van der Waals surface area contributed by atoms with Gasteiger partial charge in [0.15, 0.2) is 46.0 Å². The van der Waals surface area contributed by atoms with E-state index in [-0.39, 0.29) is 149 Å². The van der Waals surface area contributed by atoms with E-state index in [1.54, 1.807) is 26.4 Å². The fourth-order valence-electron chi connectivity index (χ4n) is 18.0. The minimum Gasteiger partial charge on any atom is -0.493 e. The summed E-state index contributed by atoms with van der Waals surface area (Å²) in [4.78, 5) is 60.0. The third-order valence-corrected chi connectivity index (χ3v) is 24.8. The van der Waals surface area contributed by atoms with Gasteiger partial charge in [-0.05, 0) is 192 Å². The molecule has 0 aromatic heterocycles. The molecule has 4 fully saturated rings. The second-order valence-electron chi connectivity index (χ2n) is 36.8. The molecule has 0 bridgehead atoms. The van der Waals surface area contributed by atoms with Crippen molar-refractivity contribution < 1.29 is 95.2 Å². The van der Waals surface area contributed by atoms with Crippen LogP contribution in [0.3, 0.4) is 0 Å². The van der Waals surface area contributed by atoms with E-state index in [1.165, 1.54) is 28.4 Å². The number of rotatable bonds is 28. The van der Waals surface area contributed by atoms with Gasteiger partial charge in [0, 0.05) is 126 Å². The van der Waals surface area contributed by atoms with Crippen LogP contribution in [-0.2, 0) is 63.8 Å². The summed E-state index contributed by atoms with van der Waals surface area (Å²) >= 11 is 0. The van der Waals surface area contributed by atoms with Crippen molar-refractivity contribution in [3.63, 3.8) is 0 Å². The van der Waals surface area contributed by atoms with E-state index in [4.69, 9.17) is 93.5 Å². The number of nitrogens with two attached hydrogens (primary N) is 4. The van der Waals surface area contributed by atoms with Crippen LogP contribution in [0.2, 0.25) is 0 Å². The molecular formula is C96H152N8O16. The Bertz CT molecular complexity index is 4720. The zero-order valence-corrected chi connectivity index (χ0v) is 75.6. The summed E-state index contributed by atoms with van der Waals surface area (Å²) < 4.78 is 184. The Morgan fingerprint density at radius 1 is 0.358 bits per heavy atom. The van der Waals surface area contributed by atoms with Crippen molar-refractivity contribution in [1.82, 2.24) is 19.6 Å². The molecular weight excluding hydrogens is 1520 g/mol. The van der Waals surface area contributed by atoms with Crippen LogP contribution in [0.5, 0.6) is 46.0 Å². The van der Waals surface area contributed by atoms with E-state index in [0.29, 0.717) is 129 Å². The smallest absolute Gasteiger partial charge is 0.323 e. The van der Waals surface area contributed by atoms with Gasteiger partial charge in [0.25, 0.3) is 0 Å².